The highest BCUT2D eigenvalue weighted by Crippen LogP contribution is 2.17. The lowest BCUT2D eigenvalue weighted by Gasteiger charge is -2.27. The summed E-state index contributed by atoms with van der Waals surface area (Å²) in [7, 11) is 3.70. The van der Waals surface area contributed by atoms with Gasteiger partial charge in [0.05, 0.1) is 0 Å². The smallest absolute Gasteiger partial charge is 0.191 e. The number of aryl methyl sites for hydroxylation is 1. The number of nitrogens with zero attached hydrogens (tertiary/aromatic N) is 5. The number of aromatic nitrogens is 3. The highest BCUT2D eigenvalue weighted by molar-refractivity contribution is 5.79. The van der Waals surface area contributed by atoms with Gasteiger partial charge in [0.2, 0.25) is 0 Å². The van der Waals surface area contributed by atoms with E-state index in [1.807, 2.05) is 18.5 Å². The maximum atomic E-state index is 5.14. The molecule has 2 rings (SSSR count). The molecule has 1 aliphatic rings. The summed E-state index contributed by atoms with van der Waals surface area (Å²) in [5.41, 5.74) is 0. The van der Waals surface area contributed by atoms with Crippen molar-refractivity contribution in [2.24, 2.45) is 18.0 Å². The average molecular weight is 380 g/mol. The fourth-order valence-corrected chi connectivity index (χ4v) is 3.39. The molecular formula is C19H37N7O. The second-order valence-electron chi connectivity index (χ2n) is 7.73. The molecule has 8 nitrogen and oxygen atoms in total. The molecule has 0 aliphatic carbocycles. The van der Waals surface area contributed by atoms with Gasteiger partial charge in [-0.05, 0) is 38.6 Å². The van der Waals surface area contributed by atoms with Crippen LogP contribution in [-0.4, -0.2) is 71.6 Å². The van der Waals surface area contributed by atoms with Gasteiger partial charge < -0.3 is 19.9 Å². The molecule has 0 amide bonds. The first-order valence-electron chi connectivity index (χ1n) is 10.1. The Hall–Kier alpha value is -1.67. The van der Waals surface area contributed by atoms with Gasteiger partial charge in [0.15, 0.2) is 11.8 Å². The van der Waals surface area contributed by atoms with E-state index in [9.17, 15) is 0 Å². The predicted octanol–water partition coefficient (Wildman–Crippen LogP) is 1.32. The Bertz CT molecular complexity index is 585. The topological polar surface area (TPSA) is 79.6 Å². The number of hydrogen-bond acceptors (Lipinski definition) is 5. The molecule has 1 fully saturated rings. The number of ether oxygens (including phenoxy) is 1. The standard InChI is InChI=1S/C19H37N7O/c1-15(2)14-26-10-6-8-17(26)12-21-19(20-9-7-11-27-5)22-13-18-24-23-16(3)25(18)4/h15,17H,6-14H2,1-5H3,(H2,20,21,22)/t17-/m1/s1. The van der Waals surface area contributed by atoms with Gasteiger partial charge in [-0.1, -0.05) is 13.8 Å². The van der Waals surface area contributed by atoms with Crippen LogP contribution in [0.4, 0.5) is 0 Å². The van der Waals surface area contributed by atoms with Crippen LogP contribution in [0.3, 0.4) is 0 Å². The molecule has 8 heteroatoms. The van der Waals surface area contributed by atoms with Crippen LogP contribution in [0.2, 0.25) is 0 Å². The second kappa shape index (κ2) is 11.2. The van der Waals surface area contributed by atoms with Crippen molar-refractivity contribution in [1.82, 2.24) is 30.3 Å². The van der Waals surface area contributed by atoms with Crippen molar-refractivity contribution in [3.63, 3.8) is 0 Å². The molecule has 2 heterocycles. The minimum Gasteiger partial charge on any atom is -0.385 e. The molecule has 2 N–H and O–H groups in total. The summed E-state index contributed by atoms with van der Waals surface area (Å²) in [4.78, 5) is 7.33. The third kappa shape index (κ3) is 7.10. The van der Waals surface area contributed by atoms with Gasteiger partial charge >= 0.3 is 0 Å². The predicted molar refractivity (Wildman–Crippen MR) is 109 cm³/mol. The quantitative estimate of drug-likeness (QED) is 0.363. The highest BCUT2D eigenvalue weighted by atomic mass is 16.5. The molecule has 0 aromatic carbocycles. The van der Waals surface area contributed by atoms with E-state index in [2.05, 4.69) is 39.6 Å². The third-order valence-corrected chi connectivity index (χ3v) is 4.98. The number of nitrogens with one attached hydrogen (secondary N) is 2. The lowest BCUT2D eigenvalue weighted by Crippen LogP contribution is -2.46. The molecular weight excluding hydrogens is 342 g/mol. The molecule has 154 valence electrons. The number of rotatable bonds is 10. The monoisotopic (exact) mass is 379 g/mol. The maximum Gasteiger partial charge on any atom is 0.191 e. The van der Waals surface area contributed by atoms with E-state index in [4.69, 9.17) is 9.73 Å². The second-order valence-corrected chi connectivity index (χ2v) is 7.73. The summed E-state index contributed by atoms with van der Waals surface area (Å²) < 4.78 is 7.11. The summed E-state index contributed by atoms with van der Waals surface area (Å²) in [5, 5.41) is 15.3. The minimum absolute atomic E-state index is 0.511. The van der Waals surface area contributed by atoms with Crippen LogP contribution >= 0.6 is 0 Å². The lowest BCUT2D eigenvalue weighted by molar-refractivity contribution is 0.195. The van der Waals surface area contributed by atoms with E-state index in [0.717, 1.165) is 50.3 Å². The van der Waals surface area contributed by atoms with Gasteiger partial charge in [0.1, 0.15) is 12.4 Å². The molecule has 1 atom stereocenters. The molecule has 0 saturated carbocycles. The van der Waals surface area contributed by atoms with E-state index >= 15 is 0 Å². The Morgan fingerprint density at radius 2 is 2.15 bits per heavy atom. The zero-order valence-electron chi connectivity index (χ0n) is 17.7. The van der Waals surface area contributed by atoms with E-state index in [-0.39, 0.29) is 0 Å². The number of aliphatic imine (C=N–C) groups is 1. The molecule has 27 heavy (non-hydrogen) atoms. The van der Waals surface area contributed by atoms with Crippen molar-refractivity contribution in [3.05, 3.63) is 11.6 Å². The Kier molecular flexibility index (Phi) is 9.00. The van der Waals surface area contributed by atoms with E-state index in [0.29, 0.717) is 18.5 Å². The lowest BCUT2D eigenvalue weighted by atomic mass is 10.1. The zero-order valence-corrected chi connectivity index (χ0v) is 17.7. The van der Waals surface area contributed by atoms with Crippen molar-refractivity contribution in [2.75, 3.05) is 39.9 Å². The largest absolute Gasteiger partial charge is 0.385 e. The average Bonchev–Trinajstić information content (AvgIpc) is 3.20. The van der Waals surface area contributed by atoms with Crippen LogP contribution in [0.15, 0.2) is 4.99 Å². The Balaban J connectivity index is 1.92. The summed E-state index contributed by atoms with van der Waals surface area (Å²) in [6.45, 7) is 11.9. The summed E-state index contributed by atoms with van der Waals surface area (Å²) in [5.74, 6) is 3.30. The van der Waals surface area contributed by atoms with E-state index in [1.54, 1.807) is 7.11 Å². The molecule has 1 aromatic heterocycles. The van der Waals surface area contributed by atoms with Crippen LogP contribution in [-0.2, 0) is 18.3 Å². The van der Waals surface area contributed by atoms with E-state index < -0.39 is 0 Å². The zero-order chi connectivity index (χ0) is 19.6. The number of likely N-dealkylation sites (tertiary alicyclic amines) is 1. The van der Waals surface area contributed by atoms with Gasteiger partial charge in [-0.15, -0.1) is 10.2 Å². The molecule has 1 aliphatic heterocycles. The number of hydrogen-bond donors (Lipinski definition) is 2. The van der Waals surface area contributed by atoms with Crippen molar-refractivity contribution in [1.29, 1.82) is 0 Å². The van der Waals surface area contributed by atoms with Crippen LogP contribution < -0.4 is 10.6 Å². The van der Waals surface area contributed by atoms with Crippen molar-refractivity contribution in [3.8, 4) is 0 Å². The molecule has 1 saturated heterocycles. The fraction of sp³-hybridized carbons (Fsp3) is 0.842. The van der Waals surface area contributed by atoms with Crippen LogP contribution in [0.1, 0.15) is 44.8 Å². The van der Waals surface area contributed by atoms with Gasteiger partial charge in [-0.25, -0.2) is 4.99 Å². The summed E-state index contributed by atoms with van der Waals surface area (Å²) >= 11 is 0. The molecule has 0 radical (unpaired) electrons. The first-order valence-corrected chi connectivity index (χ1v) is 10.1. The van der Waals surface area contributed by atoms with Crippen LogP contribution in [0.25, 0.3) is 0 Å². The van der Waals surface area contributed by atoms with Gasteiger partial charge in [-0.2, -0.15) is 0 Å². The van der Waals surface area contributed by atoms with Crippen LogP contribution in [0.5, 0.6) is 0 Å². The summed E-state index contributed by atoms with van der Waals surface area (Å²) in [6, 6.07) is 0.579. The maximum absolute atomic E-state index is 5.14. The molecule has 0 spiro atoms. The first-order chi connectivity index (χ1) is 13.0. The van der Waals surface area contributed by atoms with Crippen LogP contribution in [0, 0.1) is 12.8 Å². The Morgan fingerprint density at radius 1 is 1.33 bits per heavy atom. The van der Waals surface area contributed by atoms with Crippen molar-refractivity contribution in [2.45, 2.75) is 52.6 Å². The minimum atomic E-state index is 0.511. The third-order valence-electron chi connectivity index (χ3n) is 4.98. The summed E-state index contributed by atoms with van der Waals surface area (Å²) in [6.07, 6.45) is 3.48. The SMILES string of the molecule is COCCCNC(=NCc1nnc(C)n1C)NC[C@H]1CCCN1CC(C)C. The molecule has 0 bridgehead atoms. The Labute approximate surface area is 163 Å². The molecule has 0 unspecified atom stereocenters. The normalized spacial score (nSPS) is 18.4. The molecule has 1 aromatic rings. The first kappa shape index (κ1) is 21.6. The van der Waals surface area contributed by atoms with Crippen molar-refractivity contribution < 1.29 is 4.74 Å². The van der Waals surface area contributed by atoms with Crippen molar-refractivity contribution >= 4 is 5.96 Å². The van der Waals surface area contributed by atoms with Gasteiger partial charge in [0.25, 0.3) is 0 Å². The van der Waals surface area contributed by atoms with Gasteiger partial charge in [-0.3, -0.25) is 4.90 Å². The number of guanidine groups is 1. The van der Waals surface area contributed by atoms with E-state index in [1.165, 1.54) is 19.4 Å². The number of methoxy groups -OCH3 is 1. The highest BCUT2D eigenvalue weighted by Gasteiger charge is 2.24. The Morgan fingerprint density at radius 3 is 2.81 bits per heavy atom. The fourth-order valence-electron chi connectivity index (χ4n) is 3.39. The van der Waals surface area contributed by atoms with Gasteiger partial charge in [0, 0.05) is 46.4 Å².